The van der Waals surface area contributed by atoms with Gasteiger partial charge in [0.1, 0.15) is 5.82 Å². The Kier molecular flexibility index (Phi) is 4.95. The van der Waals surface area contributed by atoms with Crippen LogP contribution in [0.5, 0.6) is 0 Å². The maximum absolute atomic E-state index is 13.7. The molecule has 100 valence electrons. The van der Waals surface area contributed by atoms with E-state index in [0.29, 0.717) is 36.8 Å². The van der Waals surface area contributed by atoms with Crippen LogP contribution >= 0.6 is 11.6 Å². The predicted octanol–water partition coefficient (Wildman–Crippen LogP) is 2.02. The molecular weight excluding hydrogens is 257 g/mol. The number of rotatable bonds is 4. The van der Waals surface area contributed by atoms with E-state index < -0.39 is 0 Å². The van der Waals surface area contributed by atoms with Crippen molar-refractivity contribution in [3.63, 3.8) is 0 Å². The van der Waals surface area contributed by atoms with E-state index in [9.17, 15) is 4.39 Å². The minimum atomic E-state index is -0.278. The molecule has 0 bridgehead atoms. The fourth-order valence-electron chi connectivity index (χ4n) is 2.08. The first-order valence-corrected chi connectivity index (χ1v) is 6.39. The first-order chi connectivity index (χ1) is 8.70. The molecule has 0 saturated carbocycles. The third-order valence-corrected chi connectivity index (χ3v) is 3.35. The van der Waals surface area contributed by atoms with Gasteiger partial charge in [0.2, 0.25) is 0 Å². The van der Waals surface area contributed by atoms with Crippen LogP contribution in [0.4, 0.5) is 4.39 Å². The van der Waals surface area contributed by atoms with Crippen molar-refractivity contribution < 1.29 is 13.9 Å². The van der Waals surface area contributed by atoms with Crippen LogP contribution in [0.1, 0.15) is 5.56 Å². The van der Waals surface area contributed by atoms with Crippen molar-refractivity contribution in [3.8, 4) is 0 Å². The molecule has 1 aliphatic rings. The summed E-state index contributed by atoms with van der Waals surface area (Å²) in [7, 11) is 1.84. The molecule has 1 aromatic rings. The van der Waals surface area contributed by atoms with Gasteiger partial charge in [0, 0.05) is 11.1 Å². The average Bonchev–Trinajstić information content (AvgIpc) is 2.39. The van der Waals surface area contributed by atoms with Crippen molar-refractivity contribution in [1.29, 1.82) is 0 Å². The third-order valence-electron chi connectivity index (χ3n) is 3.12. The van der Waals surface area contributed by atoms with Crippen LogP contribution in [0.15, 0.2) is 18.2 Å². The van der Waals surface area contributed by atoms with Crippen molar-refractivity contribution in [1.82, 2.24) is 5.32 Å². The number of halogens is 2. The van der Waals surface area contributed by atoms with Gasteiger partial charge in [-0.25, -0.2) is 4.39 Å². The summed E-state index contributed by atoms with van der Waals surface area (Å²) in [5.41, 5.74) is 0.632. The van der Waals surface area contributed by atoms with E-state index >= 15 is 0 Å². The largest absolute Gasteiger partial charge is 0.376 e. The van der Waals surface area contributed by atoms with Gasteiger partial charge in [0.05, 0.1) is 25.9 Å². The van der Waals surface area contributed by atoms with E-state index in [1.54, 1.807) is 12.1 Å². The van der Waals surface area contributed by atoms with Crippen LogP contribution in [0.3, 0.4) is 0 Å². The Bertz CT molecular complexity index is 397. The minimum Gasteiger partial charge on any atom is -0.376 e. The second-order valence-electron chi connectivity index (χ2n) is 4.32. The van der Waals surface area contributed by atoms with Gasteiger partial charge in [0.15, 0.2) is 0 Å². The molecule has 1 heterocycles. The normalized spacial score (nSPS) is 21.8. The van der Waals surface area contributed by atoms with Crippen LogP contribution in [-0.4, -0.2) is 39.0 Å². The first kappa shape index (κ1) is 13.7. The summed E-state index contributed by atoms with van der Waals surface area (Å²) in [6.07, 6.45) is 0.506. The van der Waals surface area contributed by atoms with E-state index in [2.05, 4.69) is 5.32 Å². The molecule has 1 aliphatic heterocycles. The molecule has 0 aliphatic carbocycles. The number of hydrogen-bond acceptors (Lipinski definition) is 3. The van der Waals surface area contributed by atoms with Crippen molar-refractivity contribution in [2.24, 2.45) is 0 Å². The molecule has 18 heavy (non-hydrogen) atoms. The van der Waals surface area contributed by atoms with Gasteiger partial charge in [-0.1, -0.05) is 17.7 Å². The van der Waals surface area contributed by atoms with Crippen LogP contribution in [-0.2, 0) is 15.9 Å². The predicted molar refractivity (Wildman–Crippen MR) is 68.5 cm³/mol. The topological polar surface area (TPSA) is 30.5 Å². The lowest BCUT2D eigenvalue weighted by atomic mass is 10.0. The molecule has 5 heteroatoms. The van der Waals surface area contributed by atoms with E-state index in [0.717, 1.165) is 0 Å². The van der Waals surface area contributed by atoms with Gasteiger partial charge in [-0.05, 0) is 31.2 Å². The van der Waals surface area contributed by atoms with E-state index in [1.165, 1.54) is 6.07 Å². The summed E-state index contributed by atoms with van der Waals surface area (Å²) < 4.78 is 24.7. The molecule has 0 spiro atoms. The molecule has 0 aromatic heterocycles. The highest BCUT2D eigenvalue weighted by molar-refractivity contribution is 6.30. The Morgan fingerprint density at radius 2 is 2.33 bits per heavy atom. The molecule has 1 saturated heterocycles. The van der Waals surface area contributed by atoms with Crippen LogP contribution in [0, 0.1) is 5.82 Å². The molecule has 1 fully saturated rings. The third kappa shape index (κ3) is 3.42. The van der Waals surface area contributed by atoms with Crippen molar-refractivity contribution >= 4 is 11.6 Å². The Hall–Kier alpha value is -0.680. The highest BCUT2D eigenvalue weighted by Crippen LogP contribution is 2.18. The van der Waals surface area contributed by atoms with Gasteiger partial charge < -0.3 is 14.8 Å². The van der Waals surface area contributed by atoms with Crippen molar-refractivity contribution in [3.05, 3.63) is 34.6 Å². The maximum Gasteiger partial charge on any atom is 0.127 e. The first-order valence-electron chi connectivity index (χ1n) is 6.01. The lowest BCUT2D eigenvalue weighted by molar-refractivity contribution is -0.100. The van der Waals surface area contributed by atoms with E-state index in [1.807, 2.05) is 7.05 Å². The molecule has 1 N–H and O–H groups in total. The Balaban J connectivity index is 2.04. The average molecular weight is 274 g/mol. The summed E-state index contributed by atoms with van der Waals surface area (Å²) in [5, 5.41) is 3.57. The van der Waals surface area contributed by atoms with Crippen molar-refractivity contribution in [2.45, 2.75) is 18.6 Å². The molecule has 0 amide bonds. The molecule has 3 nitrogen and oxygen atoms in total. The zero-order valence-electron chi connectivity index (χ0n) is 10.3. The van der Waals surface area contributed by atoms with Gasteiger partial charge >= 0.3 is 0 Å². The zero-order chi connectivity index (χ0) is 13.0. The quantitative estimate of drug-likeness (QED) is 0.911. The zero-order valence-corrected chi connectivity index (χ0v) is 11.0. The van der Waals surface area contributed by atoms with Gasteiger partial charge in [-0.15, -0.1) is 0 Å². The second-order valence-corrected chi connectivity index (χ2v) is 4.76. The van der Waals surface area contributed by atoms with Crippen molar-refractivity contribution in [2.75, 3.05) is 26.9 Å². The van der Waals surface area contributed by atoms with Gasteiger partial charge in [-0.3, -0.25) is 0 Å². The molecule has 2 atom stereocenters. The molecular formula is C13H17ClFNO2. The molecule has 1 aromatic carbocycles. The Labute approximate surface area is 111 Å². The minimum absolute atomic E-state index is 0.0287. The lowest BCUT2D eigenvalue weighted by Crippen LogP contribution is -2.46. The highest BCUT2D eigenvalue weighted by Gasteiger charge is 2.24. The maximum atomic E-state index is 13.7. The SMILES string of the molecule is CNC(Cc1ccc(Cl)cc1F)C1COCCO1. The Morgan fingerprint density at radius 1 is 1.50 bits per heavy atom. The fourth-order valence-corrected chi connectivity index (χ4v) is 2.24. The molecule has 2 rings (SSSR count). The van der Waals surface area contributed by atoms with Gasteiger partial charge in [-0.2, -0.15) is 0 Å². The number of nitrogens with one attached hydrogen (secondary N) is 1. The summed E-state index contributed by atoms with van der Waals surface area (Å²) in [5.74, 6) is -0.278. The van der Waals surface area contributed by atoms with Gasteiger partial charge in [0.25, 0.3) is 0 Å². The number of likely N-dealkylation sites (N-methyl/N-ethyl adjacent to an activating group) is 1. The number of ether oxygens (including phenoxy) is 2. The lowest BCUT2D eigenvalue weighted by Gasteiger charge is -2.30. The van der Waals surface area contributed by atoms with Crippen LogP contribution < -0.4 is 5.32 Å². The summed E-state index contributed by atoms with van der Waals surface area (Å²) in [4.78, 5) is 0. The number of benzene rings is 1. The fraction of sp³-hybridized carbons (Fsp3) is 0.538. The monoisotopic (exact) mass is 273 g/mol. The number of hydrogen-bond donors (Lipinski definition) is 1. The standard InChI is InChI=1S/C13H17ClFNO2/c1-16-12(13-8-17-4-5-18-13)6-9-2-3-10(14)7-11(9)15/h2-3,7,12-13,16H,4-6,8H2,1H3. The highest BCUT2D eigenvalue weighted by atomic mass is 35.5. The summed E-state index contributed by atoms with van der Waals surface area (Å²) in [6.45, 7) is 1.76. The van der Waals surface area contributed by atoms with Crippen LogP contribution in [0.25, 0.3) is 0 Å². The summed E-state index contributed by atoms with van der Waals surface area (Å²) >= 11 is 5.74. The smallest absolute Gasteiger partial charge is 0.127 e. The summed E-state index contributed by atoms with van der Waals surface area (Å²) in [6, 6.07) is 4.78. The molecule has 0 radical (unpaired) electrons. The van der Waals surface area contributed by atoms with E-state index in [-0.39, 0.29) is 18.0 Å². The van der Waals surface area contributed by atoms with E-state index in [4.69, 9.17) is 21.1 Å². The Morgan fingerprint density at radius 3 is 2.94 bits per heavy atom. The molecule has 2 unspecified atom stereocenters. The van der Waals surface area contributed by atoms with Crippen LogP contribution in [0.2, 0.25) is 5.02 Å². The second kappa shape index (κ2) is 6.48.